The van der Waals surface area contributed by atoms with Crippen molar-refractivity contribution >= 4 is 33.4 Å². The number of rotatable bonds is 14. The van der Waals surface area contributed by atoms with E-state index in [2.05, 4.69) is 17.2 Å². The van der Waals surface area contributed by atoms with Gasteiger partial charge in [0.25, 0.3) is 15.9 Å². The molecule has 12 nitrogen and oxygen atoms in total. The zero-order chi connectivity index (χ0) is 38.9. The lowest BCUT2D eigenvalue weighted by atomic mass is 9.83. The molecule has 0 aromatic carbocycles. The largest absolute Gasteiger partial charge is 0.573 e. The number of aliphatic hydroxyl groups is 2. The number of halogens is 4. The van der Waals surface area contributed by atoms with Gasteiger partial charge >= 0.3 is 6.36 Å². The third kappa shape index (κ3) is 9.88. The first kappa shape index (κ1) is 42.7. The van der Waals surface area contributed by atoms with E-state index in [1.54, 1.807) is 0 Å². The summed E-state index contributed by atoms with van der Waals surface area (Å²) in [4.78, 5) is 30.0. The van der Waals surface area contributed by atoms with Crippen LogP contribution in [0.3, 0.4) is 0 Å². The Morgan fingerprint density at radius 3 is 2.41 bits per heavy atom. The molecule has 0 radical (unpaired) electrons. The monoisotopic (exact) mass is 759 g/mol. The first-order valence-corrected chi connectivity index (χ1v) is 16.9. The number of hydrogen-bond donors (Lipinski definition) is 2. The van der Waals surface area contributed by atoms with Gasteiger partial charge < -0.3 is 29.3 Å². The summed E-state index contributed by atoms with van der Waals surface area (Å²) in [5.74, 6) is -1.82. The molecule has 0 aromatic heterocycles. The quantitative estimate of drug-likeness (QED) is 0.147. The molecule has 0 aliphatic carbocycles. The van der Waals surface area contributed by atoms with Gasteiger partial charge in [-0.25, -0.2) is 12.7 Å². The summed E-state index contributed by atoms with van der Waals surface area (Å²) in [6, 6.07) is -1.24. The fourth-order valence-electron chi connectivity index (χ4n) is 5.55. The zero-order valence-corrected chi connectivity index (χ0v) is 30.5. The van der Waals surface area contributed by atoms with Gasteiger partial charge in [0.2, 0.25) is 5.91 Å². The van der Waals surface area contributed by atoms with Gasteiger partial charge in [0.1, 0.15) is 16.2 Å². The minimum absolute atomic E-state index is 0.116. The highest BCUT2D eigenvalue weighted by Gasteiger charge is 2.62. The number of β-amino-alcohol motifs (C(OH)–C–C–N with tert-alkyl or cyclic N) is 1. The van der Waals surface area contributed by atoms with Gasteiger partial charge in [0.15, 0.2) is 11.5 Å². The number of carbonyl (C=O) groups is 2. The highest BCUT2D eigenvalue weighted by molar-refractivity contribution is 7.93. The van der Waals surface area contributed by atoms with Crippen LogP contribution < -0.4 is 0 Å². The standard InChI is InChI=1S/C34H41ClF3N3O9S/c1-9-12-15-27(43)29(49-8)19-33(40-21-25(42)18-26(40)31(44)39(5)6)23(17-24(35)13-10-2)20-41(32(33)45)51(46,47)30(14-11-3)28(16-22(4)48-7)50-34(36,37)38/h2,9,11-17,25-26,42-43H,1,18-21H2,3-8H3/b14-11-,15-12-,22-16+,23-17+,24-13+,29-27-,30-28-/t25-,26?,33?/m1/s1. The van der Waals surface area contributed by atoms with E-state index in [1.165, 1.54) is 69.2 Å². The van der Waals surface area contributed by atoms with Crippen LogP contribution in [0.5, 0.6) is 0 Å². The maximum Gasteiger partial charge on any atom is 0.573 e. The van der Waals surface area contributed by atoms with Gasteiger partial charge in [0, 0.05) is 44.2 Å². The number of hydrogen-bond acceptors (Lipinski definition) is 10. The number of likely N-dealkylation sites (tertiary alicyclic amines) is 1. The summed E-state index contributed by atoms with van der Waals surface area (Å²) in [7, 11) is -0.104. The highest BCUT2D eigenvalue weighted by Crippen LogP contribution is 2.46. The van der Waals surface area contributed by atoms with Crippen molar-refractivity contribution in [1.82, 2.24) is 14.1 Å². The van der Waals surface area contributed by atoms with Crippen LogP contribution in [0.15, 0.2) is 93.7 Å². The molecule has 2 fully saturated rings. The van der Waals surface area contributed by atoms with Gasteiger partial charge in [-0.15, -0.1) is 19.6 Å². The minimum atomic E-state index is -5.38. The van der Waals surface area contributed by atoms with Gasteiger partial charge in [-0.3, -0.25) is 14.5 Å². The van der Waals surface area contributed by atoms with Gasteiger partial charge in [-0.2, -0.15) is 0 Å². The molecule has 2 amide bonds. The number of sulfonamides is 1. The molecule has 51 heavy (non-hydrogen) atoms. The maximum atomic E-state index is 15.0. The van der Waals surface area contributed by atoms with Crippen molar-refractivity contribution in [3.8, 4) is 12.3 Å². The van der Waals surface area contributed by atoms with Crippen molar-refractivity contribution < 1.29 is 55.6 Å². The van der Waals surface area contributed by atoms with Crippen LogP contribution in [0.25, 0.3) is 0 Å². The molecule has 2 saturated heterocycles. The second kappa shape index (κ2) is 17.7. The minimum Gasteiger partial charge on any atom is -0.504 e. The lowest BCUT2D eigenvalue weighted by Crippen LogP contribution is -2.60. The number of nitrogens with zero attached hydrogens (tertiary/aromatic N) is 3. The fourth-order valence-corrected chi connectivity index (χ4v) is 7.32. The van der Waals surface area contributed by atoms with Crippen molar-refractivity contribution in [3.63, 3.8) is 0 Å². The molecule has 2 N–H and O–H groups in total. The lowest BCUT2D eigenvalue weighted by Gasteiger charge is -2.41. The topological polar surface area (TPSA) is 146 Å². The normalized spacial score (nSPS) is 24.2. The van der Waals surface area contributed by atoms with Crippen LogP contribution in [-0.4, -0.2) is 110 Å². The lowest BCUT2D eigenvalue weighted by molar-refractivity contribution is -0.303. The molecular formula is C34H41ClF3N3O9S. The molecule has 0 aromatic rings. The second-order valence-electron chi connectivity index (χ2n) is 11.4. The van der Waals surface area contributed by atoms with Crippen molar-refractivity contribution in [1.29, 1.82) is 0 Å². The van der Waals surface area contributed by atoms with E-state index in [9.17, 15) is 36.6 Å². The van der Waals surface area contributed by atoms with E-state index < -0.39 is 75.3 Å². The van der Waals surface area contributed by atoms with E-state index in [0.717, 1.165) is 25.3 Å². The zero-order valence-electron chi connectivity index (χ0n) is 28.9. The van der Waals surface area contributed by atoms with Crippen LogP contribution in [-0.2, 0) is 33.8 Å². The summed E-state index contributed by atoms with van der Waals surface area (Å²) < 4.78 is 85.0. The third-order valence-electron chi connectivity index (χ3n) is 7.80. The molecular weight excluding hydrogens is 719 g/mol. The van der Waals surface area contributed by atoms with E-state index in [4.69, 9.17) is 27.5 Å². The molecule has 3 atom stereocenters. The van der Waals surface area contributed by atoms with Gasteiger partial charge in [-0.1, -0.05) is 42.3 Å². The Morgan fingerprint density at radius 1 is 1.25 bits per heavy atom. The number of aliphatic hydroxyl groups excluding tert-OH is 2. The van der Waals surface area contributed by atoms with Crippen LogP contribution in [0.1, 0.15) is 26.7 Å². The average molecular weight is 760 g/mol. The Kier molecular flexibility index (Phi) is 14.8. The Balaban J connectivity index is 3.20. The number of likely N-dealkylation sites (N-methyl/N-ethyl adjacent to an activating group) is 1. The summed E-state index contributed by atoms with van der Waals surface area (Å²) >= 11 is 6.41. The summed E-state index contributed by atoms with van der Waals surface area (Å²) in [6.45, 7) is 4.92. The van der Waals surface area contributed by atoms with Crippen LogP contribution in [0.4, 0.5) is 13.2 Å². The SMILES string of the molecule is C#C/C=C(Cl)\C=C1/CN(S(=O)(=O)C(/C=C\C)=C(/C=C(\C)OC)OC(F)(F)F)C(=O)C1(C/C(OC)=C(O)\C=C/C=C)N1C[C@H](O)CC1C(=O)N(C)C. The van der Waals surface area contributed by atoms with Gasteiger partial charge in [-0.05, 0) is 44.1 Å². The average Bonchev–Trinajstić information content (AvgIpc) is 3.57. The molecule has 0 saturated carbocycles. The smallest absolute Gasteiger partial charge is 0.504 e. The predicted molar refractivity (Wildman–Crippen MR) is 184 cm³/mol. The molecule has 2 rings (SSSR count). The fraction of sp³-hybridized carbons (Fsp3) is 0.412. The molecule has 0 spiro atoms. The predicted octanol–water partition coefficient (Wildman–Crippen LogP) is 4.53. The Bertz CT molecular complexity index is 1740. The van der Waals surface area contributed by atoms with E-state index in [1.807, 2.05) is 0 Å². The number of allylic oxidation sites excluding steroid dienone is 10. The number of terminal acetylenes is 1. The first-order chi connectivity index (χ1) is 23.7. The summed E-state index contributed by atoms with van der Waals surface area (Å²) in [5, 5.41) is 21.7. The van der Waals surface area contributed by atoms with Crippen molar-refractivity contribution in [2.75, 3.05) is 41.4 Å². The first-order valence-electron chi connectivity index (χ1n) is 15.1. The summed E-state index contributed by atoms with van der Waals surface area (Å²) in [6.07, 6.45) is 6.74. The Hall–Kier alpha value is -4.43. The maximum absolute atomic E-state index is 15.0. The van der Waals surface area contributed by atoms with Crippen molar-refractivity contribution in [3.05, 3.63) is 93.7 Å². The molecule has 17 heteroatoms. The Morgan fingerprint density at radius 2 is 1.90 bits per heavy atom. The Labute approximate surface area is 300 Å². The molecule has 2 aliphatic rings. The number of alkyl halides is 3. The number of ether oxygens (including phenoxy) is 3. The molecule has 2 aliphatic heterocycles. The number of amides is 2. The number of carbonyl (C=O) groups excluding carboxylic acids is 2. The molecule has 280 valence electrons. The van der Waals surface area contributed by atoms with E-state index >= 15 is 4.79 Å². The van der Waals surface area contributed by atoms with E-state index in [-0.39, 0.29) is 35.1 Å². The second-order valence-corrected chi connectivity index (χ2v) is 13.6. The van der Waals surface area contributed by atoms with Gasteiger partial charge in [0.05, 0.1) is 38.7 Å². The van der Waals surface area contributed by atoms with Crippen molar-refractivity contribution in [2.24, 2.45) is 0 Å². The van der Waals surface area contributed by atoms with Crippen LogP contribution in [0, 0.1) is 12.3 Å². The summed E-state index contributed by atoms with van der Waals surface area (Å²) in [5.41, 5.74) is -2.40. The van der Waals surface area contributed by atoms with Crippen molar-refractivity contribution in [2.45, 2.75) is 50.7 Å². The van der Waals surface area contributed by atoms with Crippen LogP contribution in [0.2, 0.25) is 0 Å². The molecule has 0 bridgehead atoms. The van der Waals surface area contributed by atoms with Crippen LogP contribution >= 0.6 is 11.6 Å². The molecule has 2 heterocycles. The number of methoxy groups -OCH3 is 2. The molecule has 2 unspecified atom stereocenters. The van der Waals surface area contributed by atoms with E-state index in [0.29, 0.717) is 10.4 Å². The highest BCUT2D eigenvalue weighted by atomic mass is 35.5. The third-order valence-corrected chi connectivity index (χ3v) is 9.79.